The number of nitriles is 1. The van der Waals surface area contributed by atoms with Crippen LogP contribution in [0.25, 0.3) is 0 Å². The number of quaternary nitrogens is 1. The van der Waals surface area contributed by atoms with Crippen LogP contribution in [0.1, 0.15) is 19.8 Å². The normalized spacial score (nSPS) is 26.7. The Hall–Kier alpha value is -1.22. The molecule has 0 aromatic carbocycles. The molecule has 1 heterocycles. The van der Waals surface area contributed by atoms with Crippen molar-refractivity contribution < 1.29 is 30.7 Å². The van der Waals surface area contributed by atoms with Crippen molar-refractivity contribution in [2.45, 2.75) is 30.6 Å². The molecule has 2 N–H and O–H groups in total. The number of rotatable bonds is 7. The first kappa shape index (κ1) is 20.8. The van der Waals surface area contributed by atoms with Crippen LogP contribution in [0, 0.1) is 11.3 Å². The van der Waals surface area contributed by atoms with Crippen molar-refractivity contribution in [2.24, 2.45) is 0 Å². The number of sulfone groups is 1. The van der Waals surface area contributed by atoms with Gasteiger partial charge in [0.1, 0.15) is 5.25 Å². The summed E-state index contributed by atoms with van der Waals surface area (Å²) in [5.74, 6) is -1.75. The molecule has 0 unspecified atom stereocenters. The second-order valence-electron chi connectivity index (χ2n) is 7.06. The first-order valence-corrected chi connectivity index (χ1v) is 10.7. The van der Waals surface area contributed by atoms with Gasteiger partial charge in [-0.1, -0.05) is 0 Å². The third-order valence-corrected chi connectivity index (χ3v) is 7.69. The zero-order chi connectivity index (χ0) is 18.8. The molecular formula is C13H24N3O6S2+. The van der Waals surface area contributed by atoms with Crippen LogP contribution in [0.5, 0.6) is 0 Å². The van der Waals surface area contributed by atoms with Crippen LogP contribution >= 0.6 is 0 Å². The maximum Gasteiger partial charge on any atom is 0.271 e. The van der Waals surface area contributed by atoms with Gasteiger partial charge in [0.05, 0.1) is 63.1 Å². The Balaban J connectivity index is 2.79. The fourth-order valence-corrected chi connectivity index (χ4v) is 7.15. The van der Waals surface area contributed by atoms with Gasteiger partial charge >= 0.3 is 0 Å². The molecule has 0 saturated carbocycles. The highest BCUT2D eigenvalue weighted by atomic mass is 32.2. The van der Waals surface area contributed by atoms with E-state index in [2.05, 4.69) is 5.32 Å². The number of hydrogen-bond donors (Lipinski definition) is 2. The lowest BCUT2D eigenvalue weighted by Gasteiger charge is -2.31. The first-order chi connectivity index (χ1) is 10.7. The number of carbonyl (C=O) groups excluding carboxylic acids is 1. The molecule has 0 aromatic heterocycles. The SMILES string of the molecule is C[C@]1(NC(=O)CC[N+](C)(C)CCC#N)CS(=O)(=O)C[C@@H]1S(=O)(=O)O. The Morgan fingerprint density at radius 3 is 2.50 bits per heavy atom. The minimum absolute atomic E-state index is 0.0479. The molecule has 9 nitrogen and oxygen atoms in total. The van der Waals surface area contributed by atoms with E-state index in [1.165, 1.54) is 6.92 Å². The van der Waals surface area contributed by atoms with Crippen LogP contribution in [-0.2, 0) is 24.7 Å². The number of nitrogens with zero attached hydrogens (tertiary/aromatic N) is 2. The molecule has 1 aliphatic rings. The van der Waals surface area contributed by atoms with Gasteiger partial charge in [-0.25, -0.2) is 8.42 Å². The number of nitrogens with one attached hydrogen (secondary N) is 1. The van der Waals surface area contributed by atoms with Gasteiger partial charge in [-0.2, -0.15) is 13.7 Å². The fraction of sp³-hybridized carbons (Fsp3) is 0.846. The molecule has 1 rings (SSSR count). The van der Waals surface area contributed by atoms with Gasteiger partial charge in [0.2, 0.25) is 5.91 Å². The number of carbonyl (C=O) groups is 1. The average Bonchev–Trinajstić information content (AvgIpc) is 2.64. The second kappa shape index (κ2) is 6.95. The number of hydrogen-bond acceptors (Lipinski definition) is 6. The van der Waals surface area contributed by atoms with Gasteiger partial charge < -0.3 is 9.80 Å². The highest BCUT2D eigenvalue weighted by molar-refractivity contribution is 7.94. The summed E-state index contributed by atoms with van der Waals surface area (Å²) >= 11 is 0. The first-order valence-electron chi connectivity index (χ1n) is 7.37. The molecule has 0 aliphatic carbocycles. The number of amides is 1. The largest absolute Gasteiger partial charge is 0.348 e. The van der Waals surface area contributed by atoms with Gasteiger partial charge in [0.25, 0.3) is 10.1 Å². The van der Waals surface area contributed by atoms with Crippen molar-refractivity contribution in [1.29, 1.82) is 5.26 Å². The predicted octanol–water partition coefficient (Wildman–Crippen LogP) is -1.07. The van der Waals surface area contributed by atoms with Crippen LogP contribution in [0.4, 0.5) is 0 Å². The Morgan fingerprint density at radius 2 is 2.00 bits per heavy atom. The summed E-state index contributed by atoms with van der Waals surface area (Å²) in [6.07, 6.45) is 0.391. The van der Waals surface area contributed by atoms with Gasteiger partial charge in [0.15, 0.2) is 9.84 Å². The quantitative estimate of drug-likeness (QED) is 0.421. The smallest absolute Gasteiger partial charge is 0.271 e. The molecule has 138 valence electrons. The van der Waals surface area contributed by atoms with Crippen molar-refractivity contribution in [3.05, 3.63) is 0 Å². The molecule has 2 atom stereocenters. The van der Waals surface area contributed by atoms with Crippen molar-refractivity contribution in [3.63, 3.8) is 0 Å². The zero-order valence-corrected chi connectivity index (χ0v) is 15.7. The third-order valence-electron chi connectivity index (χ3n) is 4.19. The Bertz CT molecular complexity index is 738. The van der Waals surface area contributed by atoms with Crippen molar-refractivity contribution in [2.75, 3.05) is 38.7 Å². The molecule has 0 bridgehead atoms. The Morgan fingerprint density at radius 1 is 1.42 bits per heavy atom. The van der Waals surface area contributed by atoms with E-state index in [0.717, 1.165) is 0 Å². The van der Waals surface area contributed by atoms with Crippen LogP contribution in [-0.4, -0.2) is 81.3 Å². The summed E-state index contributed by atoms with van der Waals surface area (Å²) in [5, 5.41) is 9.49. The van der Waals surface area contributed by atoms with Gasteiger partial charge in [-0.05, 0) is 6.92 Å². The van der Waals surface area contributed by atoms with E-state index in [9.17, 15) is 26.2 Å². The van der Waals surface area contributed by atoms with Crippen LogP contribution in [0.3, 0.4) is 0 Å². The van der Waals surface area contributed by atoms with Crippen LogP contribution < -0.4 is 5.32 Å². The monoisotopic (exact) mass is 382 g/mol. The van der Waals surface area contributed by atoms with Gasteiger partial charge in [-0.15, -0.1) is 0 Å². The van der Waals surface area contributed by atoms with Crippen molar-refractivity contribution in [3.8, 4) is 6.07 Å². The summed E-state index contributed by atoms with van der Waals surface area (Å²) in [5.41, 5.74) is -1.56. The third kappa shape index (κ3) is 5.70. The zero-order valence-electron chi connectivity index (χ0n) is 14.0. The average molecular weight is 382 g/mol. The highest BCUT2D eigenvalue weighted by Gasteiger charge is 2.54. The summed E-state index contributed by atoms with van der Waals surface area (Å²) in [4.78, 5) is 12.2. The van der Waals surface area contributed by atoms with Crippen LogP contribution in [0.2, 0.25) is 0 Å². The topological polar surface area (TPSA) is 141 Å². The molecule has 1 aliphatic heterocycles. The molecule has 0 radical (unpaired) electrons. The molecule has 1 amide bonds. The molecule has 0 aromatic rings. The van der Waals surface area contributed by atoms with E-state index in [4.69, 9.17) is 5.26 Å². The lowest BCUT2D eigenvalue weighted by Crippen LogP contribution is -2.57. The summed E-state index contributed by atoms with van der Waals surface area (Å²) in [6.45, 7) is 2.28. The van der Waals surface area contributed by atoms with Crippen molar-refractivity contribution >= 4 is 25.9 Å². The summed E-state index contributed by atoms with van der Waals surface area (Å²) in [7, 11) is -4.59. The van der Waals surface area contributed by atoms with E-state index in [1.807, 2.05) is 20.2 Å². The molecule has 1 fully saturated rings. The highest BCUT2D eigenvalue weighted by Crippen LogP contribution is 2.29. The molecular weight excluding hydrogens is 358 g/mol. The second-order valence-corrected chi connectivity index (χ2v) is 10.8. The van der Waals surface area contributed by atoms with E-state index in [-0.39, 0.29) is 6.42 Å². The van der Waals surface area contributed by atoms with Crippen molar-refractivity contribution in [1.82, 2.24) is 5.32 Å². The Labute approximate surface area is 142 Å². The molecule has 0 spiro atoms. The van der Waals surface area contributed by atoms with E-state index < -0.39 is 48.2 Å². The molecule has 24 heavy (non-hydrogen) atoms. The maximum atomic E-state index is 12.2. The van der Waals surface area contributed by atoms with E-state index in [0.29, 0.717) is 24.0 Å². The van der Waals surface area contributed by atoms with Gasteiger partial charge in [-0.3, -0.25) is 9.35 Å². The Kier molecular flexibility index (Phi) is 6.03. The summed E-state index contributed by atoms with van der Waals surface area (Å²) in [6, 6.07) is 2.03. The maximum absolute atomic E-state index is 12.2. The predicted molar refractivity (Wildman–Crippen MR) is 87.2 cm³/mol. The lowest BCUT2D eigenvalue weighted by molar-refractivity contribution is -0.889. The molecule has 11 heteroatoms. The fourth-order valence-electron chi connectivity index (χ4n) is 2.80. The minimum atomic E-state index is -4.62. The van der Waals surface area contributed by atoms with E-state index in [1.54, 1.807) is 0 Å². The lowest BCUT2D eigenvalue weighted by atomic mass is 10.0. The standard InChI is InChI=1S/C13H23N3O6S2/c1-13(10-23(18,19)9-11(13)24(20,21)22)15-12(17)5-8-16(2,3)7-4-6-14/h11H,4-5,7-10H2,1-3H3,(H-,15,17,20,21,22)/p+1/t11-,13-/m0/s1. The van der Waals surface area contributed by atoms with Gasteiger partial charge in [0, 0.05) is 0 Å². The van der Waals surface area contributed by atoms with Crippen LogP contribution in [0.15, 0.2) is 0 Å². The van der Waals surface area contributed by atoms with E-state index >= 15 is 0 Å². The summed E-state index contributed by atoms with van der Waals surface area (Å²) < 4.78 is 56.1. The molecule has 1 saturated heterocycles. The minimum Gasteiger partial charge on any atom is -0.348 e.